The summed E-state index contributed by atoms with van der Waals surface area (Å²) in [7, 11) is 0. The van der Waals surface area contributed by atoms with Crippen LogP contribution in [0, 0.1) is 0 Å². The molecule has 2 heterocycles. The molecule has 4 nitrogen and oxygen atoms in total. The van der Waals surface area contributed by atoms with Crippen LogP contribution >= 0.6 is 11.6 Å². The molecule has 0 aliphatic carbocycles. The highest BCUT2D eigenvalue weighted by Gasteiger charge is 2.04. The summed E-state index contributed by atoms with van der Waals surface area (Å²) in [5.41, 5.74) is 1.76. The average Bonchev–Trinajstić information content (AvgIpc) is 2.57. The van der Waals surface area contributed by atoms with Gasteiger partial charge in [-0.2, -0.15) is 0 Å². The summed E-state index contributed by atoms with van der Waals surface area (Å²) in [5.74, 6) is -0.797. The van der Waals surface area contributed by atoms with Crippen LogP contribution in [-0.2, 0) is 11.2 Å². The molecular weight excluding hydrogens is 216 g/mol. The first-order valence-electron chi connectivity index (χ1n) is 4.49. The number of aromatic nitrogens is 2. The molecule has 0 amide bonds. The van der Waals surface area contributed by atoms with E-state index in [-0.39, 0.29) is 6.42 Å². The highest BCUT2D eigenvalue weighted by Crippen LogP contribution is 2.17. The number of fused-ring (bicyclic) bond motifs is 1. The number of pyridine rings is 1. The Labute approximate surface area is 91.1 Å². The zero-order valence-corrected chi connectivity index (χ0v) is 8.61. The van der Waals surface area contributed by atoms with E-state index < -0.39 is 5.97 Å². The lowest BCUT2D eigenvalue weighted by atomic mass is 10.1. The Balaban J connectivity index is 2.29. The van der Waals surface area contributed by atoms with Crippen molar-refractivity contribution in [1.82, 2.24) is 9.38 Å². The van der Waals surface area contributed by atoms with Crippen LogP contribution in [0.25, 0.3) is 5.52 Å². The van der Waals surface area contributed by atoms with Gasteiger partial charge in [-0.05, 0) is 24.1 Å². The number of rotatable bonds is 3. The molecule has 1 N–H and O–H groups in total. The molecule has 0 unspecified atom stereocenters. The first kappa shape index (κ1) is 9.98. The van der Waals surface area contributed by atoms with Crippen molar-refractivity contribution in [2.24, 2.45) is 0 Å². The lowest BCUT2D eigenvalue weighted by Gasteiger charge is -2.00. The Kier molecular flexibility index (Phi) is 2.60. The van der Waals surface area contributed by atoms with Gasteiger partial charge in [0.15, 0.2) is 5.15 Å². The minimum Gasteiger partial charge on any atom is -0.481 e. The second-order valence-corrected chi connectivity index (χ2v) is 3.61. The smallest absolute Gasteiger partial charge is 0.303 e. The van der Waals surface area contributed by atoms with Crippen LogP contribution < -0.4 is 0 Å². The van der Waals surface area contributed by atoms with E-state index in [1.165, 1.54) is 0 Å². The van der Waals surface area contributed by atoms with Gasteiger partial charge in [-0.25, -0.2) is 4.98 Å². The van der Waals surface area contributed by atoms with E-state index in [4.69, 9.17) is 16.7 Å². The Bertz CT molecular complexity index is 507. The monoisotopic (exact) mass is 224 g/mol. The number of aliphatic carboxylic acids is 1. The standard InChI is InChI=1S/C10H9ClN2O2/c11-10-8-5-7(1-2-9(14)15)3-4-13(8)6-12-10/h3-6H,1-2H2,(H,14,15). The molecule has 15 heavy (non-hydrogen) atoms. The van der Waals surface area contributed by atoms with E-state index in [1.54, 1.807) is 10.7 Å². The molecular formula is C10H9ClN2O2. The second-order valence-electron chi connectivity index (χ2n) is 3.26. The first-order valence-corrected chi connectivity index (χ1v) is 4.87. The molecule has 0 aliphatic rings. The summed E-state index contributed by atoms with van der Waals surface area (Å²) < 4.78 is 1.80. The van der Waals surface area contributed by atoms with Crippen molar-refractivity contribution in [1.29, 1.82) is 0 Å². The van der Waals surface area contributed by atoms with Gasteiger partial charge < -0.3 is 9.51 Å². The zero-order valence-electron chi connectivity index (χ0n) is 7.85. The third kappa shape index (κ3) is 2.10. The molecule has 78 valence electrons. The highest BCUT2D eigenvalue weighted by atomic mass is 35.5. The molecule has 2 aromatic rings. The molecule has 0 saturated heterocycles. The van der Waals surface area contributed by atoms with Gasteiger partial charge in [0.05, 0.1) is 5.52 Å². The maximum absolute atomic E-state index is 10.4. The molecule has 0 radical (unpaired) electrons. The van der Waals surface area contributed by atoms with Crippen LogP contribution in [-0.4, -0.2) is 20.5 Å². The van der Waals surface area contributed by atoms with Crippen LogP contribution in [0.5, 0.6) is 0 Å². The number of hydrogen-bond acceptors (Lipinski definition) is 2. The number of halogens is 1. The lowest BCUT2D eigenvalue weighted by Crippen LogP contribution is -1.97. The predicted octanol–water partition coefficient (Wildman–Crippen LogP) is 2.00. The molecule has 0 aliphatic heterocycles. The number of carbonyl (C=O) groups is 1. The number of carboxylic acids is 1. The van der Waals surface area contributed by atoms with Crippen molar-refractivity contribution in [2.75, 3.05) is 0 Å². The topological polar surface area (TPSA) is 54.6 Å². The molecule has 5 heteroatoms. The van der Waals surface area contributed by atoms with Crippen LogP contribution in [0.4, 0.5) is 0 Å². The third-order valence-corrected chi connectivity index (χ3v) is 2.48. The third-order valence-electron chi connectivity index (χ3n) is 2.18. The fourth-order valence-electron chi connectivity index (χ4n) is 1.41. The summed E-state index contributed by atoms with van der Waals surface area (Å²) in [5, 5.41) is 9.00. The highest BCUT2D eigenvalue weighted by molar-refractivity contribution is 6.32. The van der Waals surface area contributed by atoms with Gasteiger partial charge in [0, 0.05) is 12.6 Å². The molecule has 2 aromatic heterocycles. The number of hydrogen-bond donors (Lipinski definition) is 1. The van der Waals surface area contributed by atoms with E-state index in [2.05, 4.69) is 4.98 Å². The van der Waals surface area contributed by atoms with E-state index in [0.29, 0.717) is 11.6 Å². The molecule has 0 atom stereocenters. The fraction of sp³-hybridized carbons (Fsp3) is 0.200. The summed E-state index contributed by atoms with van der Waals surface area (Å²) >= 11 is 5.86. The lowest BCUT2D eigenvalue weighted by molar-refractivity contribution is -0.136. The molecule has 0 spiro atoms. The Morgan fingerprint density at radius 1 is 1.60 bits per heavy atom. The minimum absolute atomic E-state index is 0.127. The van der Waals surface area contributed by atoms with Crippen molar-refractivity contribution in [3.63, 3.8) is 0 Å². The van der Waals surface area contributed by atoms with E-state index >= 15 is 0 Å². The molecule has 0 fully saturated rings. The minimum atomic E-state index is -0.797. The summed E-state index contributed by atoms with van der Waals surface area (Å²) in [4.78, 5) is 14.4. The number of carboxylic acid groups (broad SMARTS) is 1. The van der Waals surface area contributed by atoms with Gasteiger partial charge in [0.2, 0.25) is 0 Å². The van der Waals surface area contributed by atoms with Crippen LogP contribution in [0.2, 0.25) is 5.15 Å². The van der Waals surface area contributed by atoms with E-state index in [0.717, 1.165) is 11.1 Å². The van der Waals surface area contributed by atoms with Crippen LogP contribution in [0.15, 0.2) is 24.7 Å². The molecule has 0 bridgehead atoms. The summed E-state index contributed by atoms with van der Waals surface area (Å²) in [6.45, 7) is 0. The van der Waals surface area contributed by atoms with Crippen molar-refractivity contribution >= 4 is 23.1 Å². The van der Waals surface area contributed by atoms with Crippen LogP contribution in [0.3, 0.4) is 0 Å². The van der Waals surface area contributed by atoms with Gasteiger partial charge in [-0.3, -0.25) is 4.79 Å². The fourth-order valence-corrected chi connectivity index (χ4v) is 1.60. The van der Waals surface area contributed by atoms with Crippen molar-refractivity contribution in [2.45, 2.75) is 12.8 Å². The quantitative estimate of drug-likeness (QED) is 0.868. The maximum Gasteiger partial charge on any atom is 0.303 e. The van der Waals surface area contributed by atoms with Gasteiger partial charge in [-0.1, -0.05) is 11.6 Å². The number of aryl methyl sites for hydroxylation is 1. The summed E-state index contributed by atoms with van der Waals surface area (Å²) in [6, 6.07) is 3.73. The second kappa shape index (κ2) is 3.90. The Morgan fingerprint density at radius 2 is 2.40 bits per heavy atom. The molecule has 2 rings (SSSR count). The van der Waals surface area contributed by atoms with Gasteiger partial charge >= 0.3 is 5.97 Å². The number of nitrogens with zero attached hydrogens (tertiary/aromatic N) is 2. The zero-order chi connectivity index (χ0) is 10.8. The predicted molar refractivity (Wildman–Crippen MR) is 56.2 cm³/mol. The molecule has 0 saturated carbocycles. The van der Waals surface area contributed by atoms with Crippen molar-refractivity contribution in [3.05, 3.63) is 35.4 Å². The van der Waals surface area contributed by atoms with E-state index in [9.17, 15) is 4.79 Å². The van der Waals surface area contributed by atoms with Crippen molar-refractivity contribution in [3.8, 4) is 0 Å². The van der Waals surface area contributed by atoms with Crippen LogP contribution in [0.1, 0.15) is 12.0 Å². The molecule has 0 aromatic carbocycles. The maximum atomic E-state index is 10.4. The average molecular weight is 225 g/mol. The van der Waals surface area contributed by atoms with Gasteiger partial charge in [0.25, 0.3) is 0 Å². The normalized spacial score (nSPS) is 10.7. The SMILES string of the molecule is O=C(O)CCc1ccn2cnc(Cl)c2c1. The summed E-state index contributed by atoms with van der Waals surface area (Å²) in [6.07, 6.45) is 4.08. The van der Waals surface area contributed by atoms with E-state index in [1.807, 2.05) is 18.3 Å². The van der Waals surface area contributed by atoms with Gasteiger partial charge in [-0.15, -0.1) is 0 Å². The van der Waals surface area contributed by atoms with Crippen molar-refractivity contribution < 1.29 is 9.90 Å². The van der Waals surface area contributed by atoms with Gasteiger partial charge in [0.1, 0.15) is 6.33 Å². The Morgan fingerprint density at radius 3 is 3.13 bits per heavy atom. The number of imidazole rings is 1. The largest absolute Gasteiger partial charge is 0.481 e. The first-order chi connectivity index (χ1) is 7.16. The Hall–Kier alpha value is -1.55.